The maximum atomic E-state index is 13.4. The molecule has 1 aliphatic heterocycles. The average Bonchev–Trinajstić information content (AvgIpc) is 3.67. The molecule has 4 aromatic rings. The van der Waals surface area contributed by atoms with Gasteiger partial charge in [-0.1, -0.05) is 19.9 Å². The first kappa shape index (κ1) is 37.2. The summed E-state index contributed by atoms with van der Waals surface area (Å²) in [6, 6.07) is 16.0. The number of methoxy groups -OCH3 is 2. The van der Waals surface area contributed by atoms with Crippen molar-refractivity contribution >= 4 is 41.0 Å². The van der Waals surface area contributed by atoms with Crippen molar-refractivity contribution in [1.29, 1.82) is 0 Å². The van der Waals surface area contributed by atoms with Crippen molar-refractivity contribution in [3.63, 3.8) is 0 Å². The molecule has 3 amide bonds. The van der Waals surface area contributed by atoms with Crippen molar-refractivity contribution < 1.29 is 45.8 Å². The van der Waals surface area contributed by atoms with E-state index in [2.05, 4.69) is 30.8 Å². The van der Waals surface area contributed by atoms with Gasteiger partial charge >= 0.3 is 18.3 Å². The summed E-state index contributed by atoms with van der Waals surface area (Å²) in [4.78, 5) is 32.1. The number of hydrogen-bond donors (Lipinski definition) is 3. The van der Waals surface area contributed by atoms with Gasteiger partial charge in [0.05, 0.1) is 30.8 Å². The number of nitrogens with zero attached hydrogens (tertiary/aromatic N) is 4. The molecule has 1 atom stereocenters. The van der Waals surface area contributed by atoms with Gasteiger partial charge < -0.3 is 30.2 Å². The first-order valence-electron chi connectivity index (χ1n) is 15.4. The molecule has 0 bridgehead atoms. The topological polar surface area (TPSA) is 132 Å². The lowest BCUT2D eigenvalue weighted by molar-refractivity contribution is -0.360. The van der Waals surface area contributed by atoms with Crippen molar-refractivity contribution in [3.8, 4) is 28.6 Å². The molecule has 1 unspecified atom stereocenters. The fourth-order valence-electron chi connectivity index (χ4n) is 4.98. The molecule has 0 saturated carbocycles. The van der Waals surface area contributed by atoms with Gasteiger partial charge in [-0.05, 0) is 66.1 Å². The number of alkyl halides is 5. The van der Waals surface area contributed by atoms with E-state index < -0.39 is 29.6 Å². The Morgan fingerprint density at radius 3 is 2.31 bits per heavy atom. The summed E-state index contributed by atoms with van der Waals surface area (Å²) in [5.41, 5.74) is 2.19. The zero-order valence-corrected chi connectivity index (χ0v) is 28.6. The van der Waals surface area contributed by atoms with Crippen LogP contribution >= 0.6 is 11.8 Å². The van der Waals surface area contributed by atoms with Gasteiger partial charge in [0.1, 0.15) is 11.5 Å². The SMILES string of the molecule is COCCNc1nc(-c2ccc(NC(=O)NC3SCC(=O)N3c3cc(OC)ccc3C(C)C)cc2)nn1-c1ccc(OC(F)(F)C(F)(F)F)cc1. The van der Waals surface area contributed by atoms with Crippen LogP contribution < -0.4 is 30.3 Å². The number of halogens is 5. The fourth-order valence-corrected chi connectivity index (χ4v) is 5.99. The number of rotatable bonds is 13. The first-order chi connectivity index (χ1) is 24.2. The Bertz CT molecular complexity index is 1840. The van der Waals surface area contributed by atoms with E-state index in [1.807, 2.05) is 26.0 Å². The minimum Gasteiger partial charge on any atom is -0.497 e. The molecule has 1 saturated heterocycles. The molecule has 1 fully saturated rings. The van der Waals surface area contributed by atoms with Crippen LogP contribution in [0.1, 0.15) is 25.3 Å². The van der Waals surface area contributed by atoms with E-state index in [1.165, 1.54) is 35.7 Å². The average molecular weight is 736 g/mol. The normalized spacial score (nSPS) is 14.9. The van der Waals surface area contributed by atoms with Gasteiger partial charge in [0, 0.05) is 31.0 Å². The highest BCUT2D eigenvalue weighted by atomic mass is 32.2. The summed E-state index contributed by atoms with van der Waals surface area (Å²) in [5, 5.41) is 13.2. The summed E-state index contributed by atoms with van der Waals surface area (Å²) >= 11 is 1.28. The van der Waals surface area contributed by atoms with Gasteiger partial charge in [0.2, 0.25) is 11.9 Å². The minimum absolute atomic E-state index is 0.109. The van der Waals surface area contributed by atoms with E-state index in [-0.39, 0.29) is 35.0 Å². The van der Waals surface area contributed by atoms with Crippen molar-refractivity contribution in [2.24, 2.45) is 0 Å². The van der Waals surface area contributed by atoms with E-state index in [9.17, 15) is 31.5 Å². The molecule has 2 heterocycles. The third-order valence-electron chi connectivity index (χ3n) is 7.50. The molecule has 1 aromatic heterocycles. The molecular weight excluding hydrogens is 701 g/mol. The second-order valence-corrected chi connectivity index (χ2v) is 12.5. The zero-order valence-electron chi connectivity index (χ0n) is 27.8. The number of carbonyl (C=O) groups is 2. The Hall–Kier alpha value is -5.10. The Morgan fingerprint density at radius 1 is 1.00 bits per heavy atom. The van der Waals surface area contributed by atoms with Crippen molar-refractivity contribution in [2.45, 2.75) is 37.5 Å². The van der Waals surface area contributed by atoms with Crippen LogP contribution in [0, 0.1) is 0 Å². The van der Waals surface area contributed by atoms with Gasteiger partial charge in [-0.25, -0.2) is 4.79 Å². The molecule has 0 aliphatic carbocycles. The summed E-state index contributed by atoms with van der Waals surface area (Å²) in [5.74, 6) is 0.502. The monoisotopic (exact) mass is 735 g/mol. The van der Waals surface area contributed by atoms with Crippen molar-refractivity contribution in [1.82, 2.24) is 20.1 Å². The number of urea groups is 1. The third kappa shape index (κ3) is 8.62. The highest BCUT2D eigenvalue weighted by Gasteiger charge is 2.61. The molecule has 1 aliphatic rings. The number of nitrogens with one attached hydrogen (secondary N) is 3. The number of carbonyl (C=O) groups excluding carboxylic acids is 2. The van der Waals surface area contributed by atoms with Gasteiger partial charge in [-0.3, -0.25) is 9.69 Å². The van der Waals surface area contributed by atoms with Gasteiger partial charge in [0.15, 0.2) is 11.3 Å². The second-order valence-electron chi connectivity index (χ2n) is 11.4. The summed E-state index contributed by atoms with van der Waals surface area (Å²) in [6.45, 7) is 4.67. The first-order valence-corrected chi connectivity index (χ1v) is 16.5. The predicted molar refractivity (Wildman–Crippen MR) is 182 cm³/mol. The van der Waals surface area contributed by atoms with Crippen LogP contribution in [-0.2, 0) is 9.53 Å². The number of aromatic nitrogens is 3. The molecule has 18 heteroatoms. The lowest BCUT2D eigenvalue weighted by Crippen LogP contribution is -2.46. The van der Waals surface area contributed by atoms with Gasteiger partial charge in [-0.2, -0.15) is 31.6 Å². The number of ether oxygens (including phenoxy) is 3. The number of anilines is 3. The summed E-state index contributed by atoms with van der Waals surface area (Å²) in [7, 11) is 3.05. The lowest BCUT2D eigenvalue weighted by atomic mass is 10.00. The highest BCUT2D eigenvalue weighted by Crippen LogP contribution is 2.39. The predicted octanol–water partition coefficient (Wildman–Crippen LogP) is 6.84. The molecular formula is C33H34F5N7O5S. The van der Waals surface area contributed by atoms with Crippen LogP contribution in [0.25, 0.3) is 17.1 Å². The molecule has 12 nitrogen and oxygen atoms in total. The lowest BCUT2D eigenvalue weighted by Gasteiger charge is -2.28. The molecule has 5 rings (SSSR count). The highest BCUT2D eigenvalue weighted by molar-refractivity contribution is 8.01. The molecule has 51 heavy (non-hydrogen) atoms. The Morgan fingerprint density at radius 2 is 1.69 bits per heavy atom. The number of benzene rings is 3. The van der Waals surface area contributed by atoms with Crippen LogP contribution in [0.4, 0.5) is 44.1 Å². The standard InChI is InChI=1S/C33H34F5N7O5S/c1-19(2)25-14-13-24(49-4)17-26(25)44-27(46)18-51-31(44)42-30(47)40-21-7-5-20(6-8-21)28-41-29(39-15-16-48-3)45(43-28)22-9-11-23(12-10-22)50-33(37,38)32(34,35)36/h5-14,17,19,31H,15-16,18H2,1-4H3,(H,39,41,43)(H2,40,42,47). The van der Waals surface area contributed by atoms with Crippen LogP contribution in [0.3, 0.4) is 0 Å². The quantitative estimate of drug-likeness (QED) is 0.0998. The molecule has 272 valence electrons. The molecule has 3 N–H and O–H groups in total. The largest absolute Gasteiger partial charge is 0.499 e. The van der Waals surface area contributed by atoms with Crippen LogP contribution in [-0.4, -0.2) is 77.6 Å². The number of amides is 3. The van der Waals surface area contributed by atoms with Crippen LogP contribution in [0.2, 0.25) is 0 Å². The molecule has 0 spiro atoms. The van der Waals surface area contributed by atoms with Gasteiger partial charge in [-0.15, -0.1) is 16.9 Å². The fraction of sp³-hybridized carbons (Fsp3) is 0.333. The smallest absolute Gasteiger partial charge is 0.497 e. The van der Waals surface area contributed by atoms with Crippen molar-refractivity contribution in [3.05, 3.63) is 72.3 Å². The van der Waals surface area contributed by atoms with Crippen LogP contribution in [0.5, 0.6) is 11.5 Å². The van der Waals surface area contributed by atoms with E-state index in [0.717, 1.165) is 17.7 Å². The third-order valence-corrected chi connectivity index (χ3v) is 8.55. The Kier molecular flexibility index (Phi) is 11.2. The number of hydrogen-bond acceptors (Lipinski definition) is 9. The minimum atomic E-state index is -5.88. The van der Waals surface area contributed by atoms with E-state index in [4.69, 9.17) is 9.47 Å². The maximum Gasteiger partial charge on any atom is 0.499 e. The Balaban J connectivity index is 1.30. The van der Waals surface area contributed by atoms with Gasteiger partial charge in [0.25, 0.3) is 0 Å². The molecule has 0 radical (unpaired) electrons. The van der Waals surface area contributed by atoms with E-state index >= 15 is 0 Å². The van der Waals surface area contributed by atoms with Crippen LogP contribution in [0.15, 0.2) is 66.7 Å². The van der Waals surface area contributed by atoms with Crippen molar-refractivity contribution in [2.75, 3.05) is 48.7 Å². The Labute approximate surface area is 293 Å². The maximum absolute atomic E-state index is 13.4. The second kappa shape index (κ2) is 15.4. The molecule has 3 aromatic carbocycles. The zero-order chi connectivity index (χ0) is 36.9. The summed E-state index contributed by atoms with van der Waals surface area (Å²) in [6.07, 6.45) is -11.3. The summed E-state index contributed by atoms with van der Waals surface area (Å²) < 4.78 is 80.2. The van der Waals surface area contributed by atoms with E-state index in [1.54, 1.807) is 42.3 Å². The number of thioether (sulfide) groups is 1. The van der Waals surface area contributed by atoms with E-state index in [0.29, 0.717) is 35.8 Å².